The van der Waals surface area contributed by atoms with Gasteiger partial charge in [0.25, 0.3) is 0 Å². The van der Waals surface area contributed by atoms with E-state index < -0.39 is 0 Å². The van der Waals surface area contributed by atoms with Gasteiger partial charge in [-0.15, -0.1) is 0 Å². The van der Waals surface area contributed by atoms with Crippen LogP contribution in [-0.4, -0.2) is 93.7 Å². The van der Waals surface area contributed by atoms with Crippen molar-refractivity contribution in [3.63, 3.8) is 0 Å². The van der Waals surface area contributed by atoms with Crippen molar-refractivity contribution in [1.82, 2.24) is 14.7 Å². The lowest BCUT2D eigenvalue weighted by Crippen LogP contribution is -2.56. The Morgan fingerprint density at radius 3 is 2.33 bits per heavy atom. The number of amides is 1. The number of piperazine rings is 1. The Morgan fingerprint density at radius 2 is 1.81 bits per heavy atom. The molecule has 2 N–H and O–H groups in total. The highest BCUT2D eigenvalue weighted by Gasteiger charge is 2.41. The molecular weight excluding hydrogens is 268 g/mol. The molecular formula is C15H30N4O2. The lowest BCUT2D eigenvalue weighted by atomic mass is 9.78. The average Bonchev–Trinajstić information content (AvgIpc) is 2.53. The van der Waals surface area contributed by atoms with Gasteiger partial charge >= 0.3 is 0 Å². The predicted molar refractivity (Wildman–Crippen MR) is 83.1 cm³/mol. The third-order valence-corrected chi connectivity index (χ3v) is 4.82. The summed E-state index contributed by atoms with van der Waals surface area (Å²) in [5.74, 6) is 0.251. The number of nitrogens with zero attached hydrogens (tertiary/aromatic N) is 3. The molecule has 0 spiro atoms. The first-order valence-corrected chi connectivity index (χ1v) is 8.02. The van der Waals surface area contributed by atoms with Crippen molar-refractivity contribution >= 4 is 5.91 Å². The summed E-state index contributed by atoms with van der Waals surface area (Å²) in [5, 5.41) is 0. The summed E-state index contributed by atoms with van der Waals surface area (Å²) in [6.07, 6.45) is 1.53. The van der Waals surface area contributed by atoms with Crippen LogP contribution in [0.15, 0.2) is 0 Å². The van der Waals surface area contributed by atoms with Gasteiger partial charge in [-0.1, -0.05) is 0 Å². The summed E-state index contributed by atoms with van der Waals surface area (Å²) in [5.41, 5.74) is 5.56. The third-order valence-electron chi connectivity index (χ3n) is 4.82. The summed E-state index contributed by atoms with van der Waals surface area (Å²) in [4.78, 5) is 19.5. The number of hydrogen-bond donors (Lipinski definition) is 1. The summed E-state index contributed by atoms with van der Waals surface area (Å²) < 4.78 is 5.40. The molecule has 6 heteroatoms. The van der Waals surface area contributed by atoms with Gasteiger partial charge in [0.1, 0.15) is 0 Å². The van der Waals surface area contributed by atoms with E-state index >= 15 is 0 Å². The van der Waals surface area contributed by atoms with E-state index in [2.05, 4.69) is 23.9 Å². The Kier molecular flexibility index (Phi) is 5.98. The Morgan fingerprint density at radius 1 is 1.19 bits per heavy atom. The third kappa shape index (κ3) is 4.16. The van der Waals surface area contributed by atoms with Crippen LogP contribution >= 0.6 is 0 Å². The fourth-order valence-electron chi connectivity index (χ4n) is 3.12. The molecule has 0 unspecified atom stereocenters. The van der Waals surface area contributed by atoms with Crippen LogP contribution in [0.5, 0.6) is 0 Å². The number of carbonyl (C=O) groups is 1. The van der Waals surface area contributed by atoms with Crippen molar-refractivity contribution in [1.29, 1.82) is 0 Å². The zero-order chi connectivity index (χ0) is 15.3. The minimum Gasteiger partial charge on any atom is -0.381 e. The molecule has 6 nitrogen and oxygen atoms in total. The number of nitrogens with two attached hydrogens (primary N) is 1. The molecule has 0 bridgehead atoms. The van der Waals surface area contributed by atoms with Crippen LogP contribution in [0.1, 0.15) is 12.8 Å². The van der Waals surface area contributed by atoms with Gasteiger partial charge in [0.15, 0.2) is 0 Å². The van der Waals surface area contributed by atoms with Crippen molar-refractivity contribution in [2.75, 3.05) is 73.1 Å². The summed E-state index contributed by atoms with van der Waals surface area (Å²) >= 11 is 0. The molecule has 0 aromatic carbocycles. The number of hydrogen-bond acceptors (Lipinski definition) is 5. The molecule has 2 aliphatic rings. The molecule has 0 aromatic heterocycles. The molecule has 0 aliphatic carbocycles. The van der Waals surface area contributed by atoms with E-state index in [4.69, 9.17) is 10.5 Å². The second kappa shape index (κ2) is 7.54. The molecule has 0 saturated carbocycles. The van der Waals surface area contributed by atoms with E-state index in [1.807, 2.05) is 4.90 Å². The second-order valence-electron chi connectivity index (χ2n) is 6.53. The van der Waals surface area contributed by atoms with E-state index in [-0.39, 0.29) is 11.3 Å². The Hall–Kier alpha value is -0.690. The maximum absolute atomic E-state index is 12.8. The molecule has 2 fully saturated rings. The molecule has 122 valence electrons. The van der Waals surface area contributed by atoms with Gasteiger partial charge in [-0.25, -0.2) is 0 Å². The lowest BCUT2D eigenvalue weighted by Gasteiger charge is -2.42. The van der Waals surface area contributed by atoms with Crippen molar-refractivity contribution < 1.29 is 9.53 Å². The van der Waals surface area contributed by atoms with Gasteiger partial charge in [-0.3, -0.25) is 9.69 Å². The maximum Gasteiger partial charge on any atom is 0.230 e. The largest absolute Gasteiger partial charge is 0.381 e. The van der Waals surface area contributed by atoms with Crippen molar-refractivity contribution in [2.45, 2.75) is 12.8 Å². The van der Waals surface area contributed by atoms with E-state index in [1.54, 1.807) is 0 Å². The van der Waals surface area contributed by atoms with Crippen LogP contribution in [0.3, 0.4) is 0 Å². The van der Waals surface area contributed by atoms with Gasteiger partial charge in [-0.05, 0) is 26.9 Å². The SMILES string of the molecule is CN(C)CCN1CCN(C(=O)C2(CN)CCOCC2)CC1. The van der Waals surface area contributed by atoms with Gasteiger partial charge in [-0.2, -0.15) is 0 Å². The van der Waals surface area contributed by atoms with Crippen LogP contribution < -0.4 is 5.73 Å². The smallest absolute Gasteiger partial charge is 0.230 e. The van der Waals surface area contributed by atoms with Crippen LogP contribution in [0.2, 0.25) is 0 Å². The molecule has 2 aliphatic heterocycles. The first kappa shape index (κ1) is 16.7. The second-order valence-corrected chi connectivity index (χ2v) is 6.53. The fraction of sp³-hybridized carbons (Fsp3) is 0.933. The quantitative estimate of drug-likeness (QED) is 0.738. The minimum absolute atomic E-state index is 0.251. The summed E-state index contributed by atoms with van der Waals surface area (Å²) in [6, 6.07) is 0. The molecule has 0 atom stereocenters. The van der Waals surface area contributed by atoms with Crippen LogP contribution in [0, 0.1) is 5.41 Å². The normalized spacial score (nSPS) is 23.5. The molecule has 21 heavy (non-hydrogen) atoms. The van der Waals surface area contributed by atoms with Crippen molar-refractivity contribution in [3.05, 3.63) is 0 Å². The molecule has 0 radical (unpaired) electrons. The number of carbonyl (C=O) groups excluding carboxylic acids is 1. The van der Waals surface area contributed by atoms with Crippen LogP contribution in [-0.2, 0) is 9.53 Å². The molecule has 1 amide bonds. The highest BCUT2D eigenvalue weighted by molar-refractivity contribution is 5.83. The zero-order valence-corrected chi connectivity index (χ0v) is 13.5. The van der Waals surface area contributed by atoms with E-state index in [0.29, 0.717) is 19.8 Å². The maximum atomic E-state index is 12.8. The molecule has 0 aromatic rings. The van der Waals surface area contributed by atoms with E-state index in [0.717, 1.165) is 52.1 Å². The monoisotopic (exact) mass is 298 g/mol. The van der Waals surface area contributed by atoms with Crippen LogP contribution in [0.25, 0.3) is 0 Å². The minimum atomic E-state index is -0.371. The predicted octanol–water partition coefficient (Wildman–Crippen LogP) is -0.552. The number of ether oxygens (including phenoxy) is 1. The Bertz CT molecular complexity index is 335. The van der Waals surface area contributed by atoms with Crippen molar-refractivity contribution in [3.8, 4) is 0 Å². The van der Waals surface area contributed by atoms with Crippen molar-refractivity contribution in [2.24, 2.45) is 11.1 Å². The first-order chi connectivity index (χ1) is 10.1. The Labute approximate surface area is 128 Å². The topological polar surface area (TPSA) is 62.0 Å². The van der Waals surface area contributed by atoms with Gasteiger partial charge in [0.2, 0.25) is 5.91 Å². The van der Waals surface area contributed by atoms with Gasteiger partial charge < -0.3 is 20.3 Å². The number of rotatable bonds is 5. The highest BCUT2D eigenvalue weighted by Crippen LogP contribution is 2.32. The van der Waals surface area contributed by atoms with E-state index in [1.165, 1.54) is 0 Å². The molecule has 2 saturated heterocycles. The van der Waals surface area contributed by atoms with Crippen LogP contribution in [0.4, 0.5) is 0 Å². The summed E-state index contributed by atoms with van der Waals surface area (Å²) in [6.45, 7) is 7.49. The van der Waals surface area contributed by atoms with Gasteiger partial charge in [0, 0.05) is 59.0 Å². The lowest BCUT2D eigenvalue weighted by molar-refractivity contribution is -0.149. The fourth-order valence-corrected chi connectivity index (χ4v) is 3.12. The van der Waals surface area contributed by atoms with Gasteiger partial charge in [0.05, 0.1) is 5.41 Å². The average molecular weight is 298 g/mol. The molecule has 2 rings (SSSR count). The van der Waals surface area contributed by atoms with E-state index in [9.17, 15) is 4.79 Å². The zero-order valence-electron chi connectivity index (χ0n) is 13.5. The highest BCUT2D eigenvalue weighted by atomic mass is 16.5. The summed E-state index contributed by atoms with van der Waals surface area (Å²) in [7, 11) is 4.19. The molecule has 2 heterocycles. The standard InChI is InChI=1S/C15H30N4O2/c1-17(2)5-6-18-7-9-19(10-8-18)14(20)15(13-16)3-11-21-12-4-15/h3-13,16H2,1-2H3. The number of likely N-dealkylation sites (N-methyl/N-ethyl adjacent to an activating group) is 1. The Balaban J connectivity index is 1.84. The first-order valence-electron chi connectivity index (χ1n) is 8.02.